The number of benzene rings is 1. The van der Waals surface area contributed by atoms with Crippen LogP contribution < -0.4 is 0 Å². The van der Waals surface area contributed by atoms with Gasteiger partial charge in [-0.25, -0.2) is 0 Å². The average molecular weight is 242 g/mol. The fraction of sp³-hybridized carbons (Fsp3) is 0.312. The number of hydrogen-bond donors (Lipinski definition) is 0. The summed E-state index contributed by atoms with van der Waals surface area (Å²) < 4.78 is 5.42. The molecule has 94 valence electrons. The summed E-state index contributed by atoms with van der Waals surface area (Å²) in [6.45, 7) is 6.47. The number of furan rings is 1. The molecule has 18 heavy (non-hydrogen) atoms. The van der Waals surface area contributed by atoms with Crippen LogP contribution in [0.4, 0.5) is 0 Å². The van der Waals surface area contributed by atoms with Crippen molar-refractivity contribution in [2.24, 2.45) is 0 Å². The molecule has 0 atom stereocenters. The zero-order valence-corrected chi connectivity index (χ0v) is 11.1. The highest BCUT2D eigenvalue weighted by atomic mass is 16.3. The zero-order chi connectivity index (χ0) is 13.1. The van der Waals surface area contributed by atoms with Crippen molar-refractivity contribution in [3.05, 3.63) is 58.5 Å². The van der Waals surface area contributed by atoms with E-state index < -0.39 is 0 Å². The van der Waals surface area contributed by atoms with Gasteiger partial charge in [0.25, 0.3) is 0 Å². The maximum Gasteiger partial charge on any atom is 0.185 e. The predicted octanol–water partition coefficient (Wildman–Crippen LogP) is 4.11. The van der Waals surface area contributed by atoms with Crippen LogP contribution in [0.2, 0.25) is 0 Å². The molecule has 2 aromatic rings. The van der Waals surface area contributed by atoms with Gasteiger partial charge in [0.1, 0.15) is 5.76 Å². The highest BCUT2D eigenvalue weighted by molar-refractivity contribution is 5.70. The predicted molar refractivity (Wildman–Crippen MR) is 72.2 cm³/mol. The monoisotopic (exact) mass is 242 g/mol. The molecule has 1 heterocycles. The topological polar surface area (TPSA) is 30.2 Å². The molecule has 0 fully saturated rings. The minimum atomic E-state index is 0.391. The summed E-state index contributed by atoms with van der Waals surface area (Å²) in [4.78, 5) is 10.6. The van der Waals surface area contributed by atoms with Crippen LogP contribution in [0.3, 0.4) is 0 Å². The Morgan fingerprint density at radius 2 is 2.00 bits per heavy atom. The Bertz CT molecular complexity index is 550. The molecule has 0 saturated carbocycles. The van der Waals surface area contributed by atoms with Crippen LogP contribution in [-0.2, 0) is 6.42 Å². The number of rotatable bonds is 4. The van der Waals surface area contributed by atoms with E-state index in [0.29, 0.717) is 11.7 Å². The second-order valence-corrected chi connectivity index (χ2v) is 4.94. The third kappa shape index (κ3) is 2.70. The van der Waals surface area contributed by atoms with Crippen LogP contribution >= 0.6 is 0 Å². The summed E-state index contributed by atoms with van der Waals surface area (Å²) in [5.41, 5.74) is 3.84. The summed E-state index contributed by atoms with van der Waals surface area (Å²) in [5.74, 6) is 1.75. The van der Waals surface area contributed by atoms with Crippen LogP contribution in [0.1, 0.15) is 52.8 Å². The molecule has 0 aliphatic heterocycles. The van der Waals surface area contributed by atoms with Gasteiger partial charge in [0.2, 0.25) is 0 Å². The van der Waals surface area contributed by atoms with E-state index in [0.717, 1.165) is 18.5 Å². The van der Waals surface area contributed by atoms with E-state index in [2.05, 4.69) is 39.0 Å². The van der Waals surface area contributed by atoms with Crippen molar-refractivity contribution >= 4 is 6.29 Å². The van der Waals surface area contributed by atoms with Gasteiger partial charge >= 0.3 is 0 Å². The molecule has 1 aromatic carbocycles. The Morgan fingerprint density at radius 1 is 1.22 bits per heavy atom. The zero-order valence-electron chi connectivity index (χ0n) is 11.1. The number of hydrogen-bond acceptors (Lipinski definition) is 2. The van der Waals surface area contributed by atoms with Crippen molar-refractivity contribution in [2.45, 2.75) is 33.1 Å². The Kier molecular flexibility index (Phi) is 3.66. The average Bonchev–Trinajstić information content (AvgIpc) is 2.79. The molecule has 0 unspecified atom stereocenters. The van der Waals surface area contributed by atoms with E-state index in [1.165, 1.54) is 16.7 Å². The Balaban J connectivity index is 2.27. The van der Waals surface area contributed by atoms with Crippen LogP contribution in [-0.4, -0.2) is 6.29 Å². The van der Waals surface area contributed by atoms with Crippen molar-refractivity contribution < 1.29 is 9.21 Å². The molecule has 0 aliphatic rings. The molecule has 0 N–H and O–H groups in total. The highest BCUT2D eigenvalue weighted by Crippen LogP contribution is 2.21. The van der Waals surface area contributed by atoms with Gasteiger partial charge in [0.15, 0.2) is 12.0 Å². The van der Waals surface area contributed by atoms with E-state index in [1.807, 2.05) is 6.07 Å². The Hall–Kier alpha value is -1.83. The summed E-state index contributed by atoms with van der Waals surface area (Å²) >= 11 is 0. The molecular weight excluding hydrogens is 224 g/mol. The van der Waals surface area contributed by atoms with Gasteiger partial charge < -0.3 is 4.42 Å². The lowest BCUT2D eigenvalue weighted by molar-refractivity contribution is 0.109. The van der Waals surface area contributed by atoms with Crippen molar-refractivity contribution in [1.82, 2.24) is 0 Å². The van der Waals surface area contributed by atoms with Gasteiger partial charge in [0, 0.05) is 6.42 Å². The molecule has 2 nitrogen and oxygen atoms in total. The van der Waals surface area contributed by atoms with E-state index in [4.69, 9.17) is 4.42 Å². The SMILES string of the molecule is Cc1ccc(C(C)C)cc1Cc1ccc(C=O)o1. The smallest absolute Gasteiger partial charge is 0.185 e. The molecule has 0 radical (unpaired) electrons. The number of carbonyl (C=O) groups is 1. The van der Waals surface area contributed by atoms with Gasteiger partial charge in [-0.1, -0.05) is 32.0 Å². The number of aryl methyl sites for hydroxylation is 1. The molecule has 2 rings (SSSR count). The summed E-state index contributed by atoms with van der Waals surface area (Å²) in [6, 6.07) is 10.1. The number of carbonyl (C=O) groups excluding carboxylic acids is 1. The van der Waals surface area contributed by atoms with Gasteiger partial charge in [-0.15, -0.1) is 0 Å². The molecule has 1 aromatic heterocycles. The molecule has 0 bridgehead atoms. The third-order valence-corrected chi connectivity index (χ3v) is 3.20. The largest absolute Gasteiger partial charge is 0.458 e. The van der Waals surface area contributed by atoms with Gasteiger partial charge in [-0.05, 0) is 41.7 Å². The fourth-order valence-corrected chi connectivity index (χ4v) is 1.98. The van der Waals surface area contributed by atoms with Crippen LogP contribution in [0.15, 0.2) is 34.7 Å². The first-order valence-corrected chi connectivity index (χ1v) is 6.23. The van der Waals surface area contributed by atoms with E-state index in [-0.39, 0.29) is 0 Å². The number of aldehydes is 1. The molecule has 0 amide bonds. The molecule has 0 saturated heterocycles. The summed E-state index contributed by atoms with van der Waals surface area (Å²) in [7, 11) is 0. The fourth-order valence-electron chi connectivity index (χ4n) is 1.98. The molecule has 2 heteroatoms. The van der Waals surface area contributed by atoms with Crippen molar-refractivity contribution in [3.8, 4) is 0 Å². The molecule has 0 spiro atoms. The summed E-state index contributed by atoms with van der Waals surface area (Å²) in [5, 5.41) is 0. The van der Waals surface area contributed by atoms with Gasteiger partial charge in [-0.3, -0.25) is 4.79 Å². The van der Waals surface area contributed by atoms with E-state index in [9.17, 15) is 4.79 Å². The quantitative estimate of drug-likeness (QED) is 0.755. The van der Waals surface area contributed by atoms with Crippen molar-refractivity contribution in [3.63, 3.8) is 0 Å². The molecular formula is C16H18O2. The lowest BCUT2D eigenvalue weighted by atomic mass is 9.96. The first-order chi connectivity index (χ1) is 8.60. The second kappa shape index (κ2) is 5.21. The summed E-state index contributed by atoms with van der Waals surface area (Å²) in [6.07, 6.45) is 1.47. The lowest BCUT2D eigenvalue weighted by Crippen LogP contribution is -1.95. The van der Waals surface area contributed by atoms with E-state index in [1.54, 1.807) is 6.07 Å². The van der Waals surface area contributed by atoms with Gasteiger partial charge in [-0.2, -0.15) is 0 Å². The van der Waals surface area contributed by atoms with Gasteiger partial charge in [0.05, 0.1) is 0 Å². The first kappa shape index (κ1) is 12.6. The minimum Gasteiger partial charge on any atom is -0.458 e. The normalized spacial score (nSPS) is 10.9. The minimum absolute atomic E-state index is 0.391. The highest BCUT2D eigenvalue weighted by Gasteiger charge is 2.07. The Morgan fingerprint density at radius 3 is 2.61 bits per heavy atom. The van der Waals surface area contributed by atoms with E-state index >= 15 is 0 Å². The maximum absolute atomic E-state index is 10.6. The third-order valence-electron chi connectivity index (χ3n) is 3.20. The lowest BCUT2D eigenvalue weighted by Gasteiger charge is -2.10. The first-order valence-electron chi connectivity index (χ1n) is 6.23. The molecule has 0 aliphatic carbocycles. The second-order valence-electron chi connectivity index (χ2n) is 4.94. The maximum atomic E-state index is 10.6. The van der Waals surface area contributed by atoms with Crippen LogP contribution in [0.5, 0.6) is 0 Å². The van der Waals surface area contributed by atoms with Crippen LogP contribution in [0.25, 0.3) is 0 Å². The standard InChI is InChI=1S/C16H18O2/c1-11(2)13-5-4-12(3)14(8-13)9-15-6-7-16(10-17)18-15/h4-8,10-11H,9H2,1-3H3. The van der Waals surface area contributed by atoms with Crippen molar-refractivity contribution in [2.75, 3.05) is 0 Å². The van der Waals surface area contributed by atoms with Crippen LogP contribution in [0, 0.1) is 6.92 Å². The van der Waals surface area contributed by atoms with Crippen molar-refractivity contribution in [1.29, 1.82) is 0 Å². The Labute approximate surface area is 108 Å².